The number of ether oxygens (including phenoxy) is 2. The van der Waals surface area contributed by atoms with E-state index in [1.165, 1.54) is 18.3 Å². The van der Waals surface area contributed by atoms with Gasteiger partial charge in [0.25, 0.3) is 0 Å². The summed E-state index contributed by atoms with van der Waals surface area (Å²) in [7, 11) is 0. The minimum atomic E-state index is -2.50. The number of terminal acetylenes is 1. The van der Waals surface area contributed by atoms with E-state index in [-0.39, 0.29) is 77.2 Å². The maximum Gasteiger partial charge on any atom is 0.319 e. The molecule has 3 aliphatic heterocycles. The van der Waals surface area contributed by atoms with Crippen molar-refractivity contribution in [3.05, 3.63) is 47.4 Å². The second kappa shape index (κ2) is 10.6. The number of aromatic nitrogens is 3. The van der Waals surface area contributed by atoms with Gasteiger partial charge in [-0.05, 0) is 43.0 Å². The Balaban J connectivity index is 1.33. The van der Waals surface area contributed by atoms with E-state index >= 15 is 4.39 Å². The molecule has 2 aromatic carbocycles. The van der Waals surface area contributed by atoms with Crippen molar-refractivity contribution >= 4 is 33.2 Å². The molecule has 5 heterocycles. The molecule has 2 aromatic heterocycles. The van der Waals surface area contributed by atoms with Gasteiger partial charge in [-0.1, -0.05) is 5.92 Å². The van der Waals surface area contributed by atoms with Crippen LogP contribution in [0.25, 0.3) is 32.9 Å². The van der Waals surface area contributed by atoms with Gasteiger partial charge >= 0.3 is 6.01 Å². The Labute approximate surface area is 263 Å². The highest BCUT2D eigenvalue weighted by molar-refractivity contribution is 6.04. The van der Waals surface area contributed by atoms with E-state index < -0.39 is 65.4 Å². The molecule has 3 saturated heterocycles. The Kier molecular flexibility index (Phi) is 6.22. The quantitative estimate of drug-likeness (QED) is 0.187. The molecular formula is C33H29F5N6O2. The molecule has 8 rings (SSSR count). The summed E-state index contributed by atoms with van der Waals surface area (Å²) in [5.41, 5.74) is 3.68. The monoisotopic (exact) mass is 638 g/mol. The fourth-order valence-corrected chi connectivity index (χ4v) is 7.39. The fraction of sp³-hybridized carbons (Fsp3) is 0.424. The van der Waals surface area contributed by atoms with Crippen molar-refractivity contribution in [2.45, 2.75) is 43.2 Å². The lowest BCUT2D eigenvalue weighted by molar-refractivity contribution is 0.107. The van der Waals surface area contributed by atoms with E-state index in [1.807, 2.05) is 0 Å². The third-order valence-corrected chi connectivity index (χ3v) is 9.58. The van der Waals surface area contributed by atoms with E-state index in [4.69, 9.17) is 24.4 Å². The van der Waals surface area contributed by atoms with Crippen LogP contribution in [0.5, 0.6) is 6.01 Å². The molecule has 1 saturated carbocycles. The molecule has 8 nitrogen and oxygen atoms in total. The number of benzene rings is 2. The minimum Gasteiger partial charge on any atom is -0.461 e. The van der Waals surface area contributed by atoms with Gasteiger partial charge in [0.2, 0.25) is 0 Å². The maximum atomic E-state index is 16.9. The van der Waals surface area contributed by atoms with Crippen molar-refractivity contribution in [3.63, 3.8) is 0 Å². The molecule has 13 heteroatoms. The van der Waals surface area contributed by atoms with Gasteiger partial charge in [-0.15, -0.1) is 6.42 Å². The Hall–Kier alpha value is -4.28. The van der Waals surface area contributed by atoms with Crippen molar-refractivity contribution in [1.82, 2.24) is 19.9 Å². The zero-order valence-electron chi connectivity index (χ0n) is 26.4. The normalized spacial score (nSPS) is 28.4. The van der Waals surface area contributed by atoms with Gasteiger partial charge in [0.05, 0.1) is 38.5 Å². The number of hydrogen-bond donors (Lipinski definition) is 1. The van der Waals surface area contributed by atoms with E-state index in [0.29, 0.717) is 19.4 Å². The first-order chi connectivity index (χ1) is 22.9. The topological polar surface area (TPSA) is 89.6 Å². The Bertz CT molecular complexity index is 2050. The smallest absolute Gasteiger partial charge is 0.319 e. The molecule has 46 heavy (non-hydrogen) atoms. The first-order valence-corrected chi connectivity index (χ1v) is 15.0. The van der Waals surface area contributed by atoms with Crippen LogP contribution in [0.15, 0.2) is 24.4 Å². The Morgan fingerprint density at radius 2 is 2.02 bits per heavy atom. The number of halogens is 5. The number of rotatable bonds is 5. The van der Waals surface area contributed by atoms with Crippen LogP contribution in [0, 0.1) is 35.7 Å². The van der Waals surface area contributed by atoms with Crippen LogP contribution < -0.4 is 15.4 Å². The summed E-state index contributed by atoms with van der Waals surface area (Å²) in [5, 5.41) is 0.170. The lowest BCUT2D eigenvalue weighted by atomic mass is 9.95. The molecule has 4 aliphatic rings. The molecule has 1 aliphatic carbocycles. The molecule has 0 radical (unpaired) electrons. The molecule has 238 valence electrons. The average Bonchev–Trinajstić information content (AvgIpc) is 3.39. The molecule has 2 N–H and O–H groups in total. The van der Waals surface area contributed by atoms with Gasteiger partial charge in [0.15, 0.2) is 17.5 Å². The van der Waals surface area contributed by atoms with Crippen LogP contribution in [0.4, 0.5) is 33.5 Å². The van der Waals surface area contributed by atoms with Crippen LogP contribution in [-0.4, -0.2) is 83.2 Å². The lowest BCUT2D eigenvalue weighted by Gasteiger charge is -2.31. The molecule has 0 unspecified atom stereocenters. The van der Waals surface area contributed by atoms with Crippen LogP contribution in [0.3, 0.4) is 0 Å². The highest BCUT2D eigenvalue weighted by Crippen LogP contribution is 2.46. The number of hydrogen-bond acceptors (Lipinski definition) is 8. The first kappa shape index (κ1) is 26.9. The number of nitrogens with zero attached hydrogens (tertiary/aromatic N) is 5. The van der Waals surface area contributed by atoms with Crippen molar-refractivity contribution < 1.29 is 34.2 Å². The van der Waals surface area contributed by atoms with Crippen LogP contribution in [0.1, 0.15) is 27.6 Å². The third kappa shape index (κ3) is 4.45. The second-order valence-corrected chi connectivity index (χ2v) is 12.3. The molecule has 4 fully saturated rings. The molecule has 4 aromatic rings. The predicted octanol–water partition coefficient (Wildman–Crippen LogP) is 4.95. The van der Waals surface area contributed by atoms with E-state index in [1.54, 1.807) is 9.80 Å². The Morgan fingerprint density at radius 1 is 1.17 bits per heavy atom. The van der Waals surface area contributed by atoms with Crippen molar-refractivity contribution in [2.75, 3.05) is 50.0 Å². The van der Waals surface area contributed by atoms with Gasteiger partial charge in [0, 0.05) is 48.3 Å². The second-order valence-electron chi connectivity index (χ2n) is 12.3. The predicted molar refractivity (Wildman–Crippen MR) is 161 cm³/mol. The molecular weight excluding hydrogens is 607 g/mol. The molecule has 0 amide bonds. The summed E-state index contributed by atoms with van der Waals surface area (Å²) >= 11 is 0. The van der Waals surface area contributed by atoms with Crippen LogP contribution >= 0.6 is 0 Å². The van der Waals surface area contributed by atoms with Crippen LogP contribution in [-0.2, 0) is 4.74 Å². The summed E-state index contributed by atoms with van der Waals surface area (Å²) in [6.45, 7) is -1.36. The lowest BCUT2D eigenvalue weighted by Crippen LogP contribution is -2.43. The zero-order valence-corrected chi connectivity index (χ0v) is 24.4. The molecule has 5 atom stereocenters. The van der Waals surface area contributed by atoms with E-state index in [0.717, 1.165) is 6.07 Å². The number of pyridine rings is 1. The summed E-state index contributed by atoms with van der Waals surface area (Å²) in [6, 6.07) is 2.40. The number of fused-ring (bicyclic) bond motifs is 4. The average molecular weight is 639 g/mol. The van der Waals surface area contributed by atoms with Gasteiger partial charge in [-0.3, -0.25) is 9.88 Å². The van der Waals surface area contributed by atoms with Crippen LogP contribution in [0.2, 0.25) is 0 Å². The van der Waals surface area contributed by atoms with Gasteiger partial charge in [-0.25, -0.2) is 22.0 Å². The summed E-state index contributed by atoms with van der Waals surface area (Å²) in [5.74, 6) is -1.81. The molecule has 0 bridgehead atoms. The summed E-state index contributed by atoms with van der Waals surface area (Å²) < 4.78 is 105. The van der Waals surface area contributed by atoms with Crippen molar-refractivity contribution in [2.24, 2.45) is 5.92 Å². The minimum absolute atomic E-state index is 0.00775. The molecule has 0 spiro atoms. The first-order valence-electron chi connectivity index (χ1n) is 16.0. The van der Waals surface area contributed by atoms with Gasteiger partial charge in [-0.2, -0.15) is 9.97 Å². The fourth-order valence-electron chi connectivity index (χ4n) is 7.39. The van der Waals surface area contributed by atoms with Gasteiger partial charge in [0.1, 0.15) is 35.9 Å². The largest absolute Gasteiger partial charge is 0.461 e. The van der Waals surface area contributed by atoms with E-state index in [9.17, 15) is 17.6 Å². The number of anilines is 2. The third-order valence-electron chi connectivity index (χ3n) is 9.58. The van der Waals surface area contributed by atoms with Crippen molar-refractivity contribution in [1.29, 1.82) is 0 Å². The zero-order chi connectivity index (χ0) is 33.7. The highest BCUT2D eigenvalue weighted by Gasteiger charge is 2.56. The number of alkyl halides is 2. The highest BCUT2D eigenvalue weighted by atomic mass is 19.2. The van der Waals surface area contributed by atoms with Gasteiger partial charge < -0.3 is 20.1 Å². The number of nitrogen functional groups attached to an aromatic ring is 1. The maximum absolute atomic E-state index is 16.9. The SMILES string of the molecule is [2H]C([2H])(Oc1nc(N2CCOC[C@H]3[C@@H](F)[C@H]32)c2cnc(-c3cc(N)cc4cc(F)c(F)c(C#C)c34)c(F)c2n1)[C@@]12CCCN1C[C@H](F)C2. The summed E-state index contributed by atoms with van der Waals surface area (Å²) in [6.07, 6.45) is 5.20. The van der Waals surface area contributed by atoms with Crippen molar-refractivity contribution in [3.8, 4) is 29.6 Å². The number of nitrogens with two attached hydrogens (primary N) is 1. The summed E-state index contributed by atoms with van der Waals surface area (Å²) in [4.78, 5) is 16.5. The Morgan fingerprint density at radius 3 is 2.85 bits per heavy atom. The van der Waals surface area contributed by atoms with E-state index in [2.05, 4.69) is 20.9 Å². The standard InChI is InChI=1S/C33H29F5N6O2/c1-2-19-24-16(9-23(35)25(19)36)8-18(39)10-20(24)28-27(38)29-21(12-40-28)31(44-6-7-45-14-22-26(37)30(22)44)42-32(41-29)46-15-33-4-3-5-43(33)13-17(34)11-33/h1,8-10,12,17,22,26,30H,3-7,11,13-15,39H2/t17-,22+,26-,30+,33+/m1/s1/i15D2.